The van der Waals surface area contributed by atoms with Crippen LogP contribution in [-0.2, 0) is 4.79 Å². The zero-order valence-electron chi connectivity index (χ0n) is 10.7. The summed E-state index contributed by atoms with van der Waals surface area (Å²) in [5.41, 5.74) is 1.51. The lowest BCUT2D eigenvalue weighted by atomic mass is 9.95. The highest BCUT2D eigenvalue weighted by Crippen LogP contribution is 2.21. The number of halogens is 1. The van der Waals surface area contributed by atoms with Gasteiger partial charge in [0.1, 0.15) is 5.82 Å². The lowest BCUT2D eigenvalue weighted by molar-refractivity contribution is -0.138. The summed E-state index contributed by atoms with van der Waals surface area (Å²) < 4.78 is 12.9. The van der Waals surface area contributed by atoms with E-state index in [2.05, 4.69) is 4.98 Å². The van der Waals surface area contributed by atoms with E-state index in [-0.39, 0.29) is 5.82 Å². The third-order valence-electron chi connectivity index (χ3n) is 2.94. The van der Waals surface area contributed by atoms with E-state index in [0.29, 0.717) is 12.0 Å². The highest BCUT2D eigenvalue weighted by atomic mass is 19.1. The minimum Gasteiger partial charge on any atom is -0.481 e. The molecular formula is C16H14FNO2. The lowest BCUT2D eigenvalue weighted by Crippen LogP contribution is -2.10. The number of aliphatic carboxylic acids is 1. The number of hydrogen-bond acceptors (Lipinski definition) is 2. The van der Waals surface area contributed by atoms with Gasteiger partial charge in [-0.1, -0.05) is 30.4 Å². The number of allylic oxidation sites excluding steroid dienone is 1. The van der Waals surface area contributed by atoms with Crippen molar-refractivity contribution in [3.63, 3.8) is 0 Å². The monoisotopic (exact) mass is 271 g/mol. The van der Waals surface area contributed by atoms with Crippen molar-refractivity contribution in [2.45, 2.75) is 12.3 Å². The summed E-state index contributed by atoms with van der Waals surface area (Å²) in [4.78, 5) is 15.3. The van der Waals surface area contributed by atoms with E-state index in [9.17, 15) is 14.3 Å². The van der Waals surface area contributed by atoms with Gasteiger partial charge >= 0.3 is 5.97 Å². The number of carboxylic acids is 1. The summed E-state index contributed by atoms with van der Waals surface area (Å²) in [7, 11) is 0. The lowest BCUT2D eigenvalue weighted by Gasteiger charge is -2.10. The number of carboxylic acid groups (broad SMARTS) is 1. The van der Waals surface area contributed by atoms with Crippen LogP contribution in [0.3, 0.4) is 0 Å². The van der Waals surface area contributed by atoms with Gasteiger partial charge in [0.25, 0.3) is 0 Å². The number of rotatable bonds is 5. The van der Waals surface area contributed by atoms with Crippen LogP contribution in [0.1, 0.15) is 23.5 Å². The van der Waals surface area contributed by atoms with Crippen LogP contribution in [0.4, 0.5) is 4.39 Å². The van der Waals surface area contributed by atoms with Crippen molar-refractivity contribution in [2.24, 2.45) is 0 Å². The van der Waals surface area contributed by atoms with Crippen LogP contribution < -0.4 is 0 Å². The SMILES string of the molecule is O=C(O)C(C/C=C\c1cccnc1)c1ccc(F)cc1. The van der Waals surface area contributed by atoms with Crippen molar-refractivity contribution < 1.29 is 14.3 Å². The van der Waals surface area contributed by atoms with Crippen molar-refractivity contribution in [1.82, 2.24) is 4.98 Å². The molecule has 0 aliphatic heterocycles. The summed E-state index contributed by atoms with van der Waals surface area (Å²) in [5.74, 6) is -1.97. The molecule has 0 aliphatic carbocycles. The fourth-order valence-electron chi connectivity index (χ4n) is 1.89. The summed E-state index contributed by atoms with van der Waals surface area (Å²) in [6, 6.07) is 9.26. The first-order valence-corrected chi connectivity index (χ1v) is 6.21. The predicted octanol–water partition coefficient (Wildman–Crippen LogP) is 3.49. The molecule has 0 spiro atoms. The van der Waals surface area contributed by atoms with Crippen LogP contribution in [0.5, 0.6) is 0 Å². The second-order valence-corrected chi connectivity index (χ2v) is 4.37. The largest absolute Gasteiger partial charge is 0.481 e. The average molecular weight is 271 g/mol. The van der Waals surface area contributed by atoms with Gasteiger partial charge in [0.05, 0.1) is 5.92 Å². The van der Waals surface area contributed by atoms with Gasteiger partial charge < -0.3 is 5.11 Å². The Kier molecular flexibility index (Phi) is 4.60. The summed E-state index contributed by atoms with van der Waals surface area (Å²) in [5, 5.41) is 9.25. The molecule has 4 heteroatoms. The quantitative estimate of drug-likeness (QED) is 0.905. The molecule has 1 aromatic carbocycles. The number of carbonyl (C=O) groups is 1. The molecule has 0 bridgehead atoms. The standard InChI is InChI=1S/C16H14FNO2/c17-14-8-6-13(7-9-14)15(16(19)20)5-1-3-12-4-2-10-18-11-12/h1-4,6-11,15H,5H2,(H,19,20)/b3-1-. The zero-order chi connectivity index (χ0) is 14.4. The van der Waals surface area contributed by atoms with Crippen molar-refractivity contribution in [3.05, 3.63) is 71.8 Å². The van der Waals surface area contributed by atoms with Crippen LogP contribution in [0.15, 0.2) is 54.9 Å². The van der Waals surface area contributed by atoms with Crippen molar-refractivity contribution in [2.75, 3.05) is 0 Å². The average Bonchev–Trinajstić information content (AvgIpc) is 2.46. The Morgan fingerprint density at radius 1 is 1.30 bits per heavy atom. The van der Waals surface area contributed by atoms with Crippen molar-refractivity contribution in [3.8, 4) is 0 Å². The minimum atomic E-state index is -0.924. The second-order valence-electron chi connectivity index (χ2n) is 4.37. The first kappa shape index (κ1) is 13.9. The minimum absolute atomic E-state index is 0.343. The van der Waals surface area contributed by atoms with Gasteiger partial charge in [0.2, 0.25) is 0 Å². The van der Waals surface area contributed by atoms with Crippen molar-refractivity contribution in [1.29, 1.82) is 0 Å². The van der Waals surface area contributed by atoms with Gasteiger partial charge in [0, 0.05) is 12.4 Å². The van der Waals surface area contributed by atoms with E-state index in [1.807, 2.05) is 18.2 Å². The van der Waals surface area contributed by atoms with Gasteiger partial charge in [-0.2, -0.15) is 0 Å². The molecular weight excluding hydrogens is 257 g/mol. The van der Waals surface area contributed by atoms with E-state index in [1.165, 1.54) is 24.3 Å². The van der Waals surface area contributed by atoms with E-state index < -0.39 is 11.9 Å². The number of pyridine rings is 1. The van der Waals surface area contributed by atoms with Crippen LogP contribution in [0.25, 0.3) is 6.08 Å². The Morgan fingerprint density at radius 2 is 2.05 bits per heavy atom. The van der Waals surface area contributed by atoms with E-state index >= 15 is 0 Å². The Hall–Kier alpha value is -2.49. The fraction of sp³-hybridized carbons (Fsp3) is 0.125. The zero-order valence-corrected chi connectivity index (χ0v) is 10.7. The molecule has 3 nitrogen and oxygen atoms in total. The molecule has 2 rings (SSSR count). The molecule has 20 heavy (non-hydrogen) atoms. The number of nitrogens with zero attached hydrogens (tertiary/aromatic N) is 1. The molecule has 0 fully saturated rings. The molecule has 1 atom stereocenters. The maximum Gasteiger partial charge on any atom is 0.311 e. The molecule has 0 saturated heterocycles. The third kappa shape index (κ3) is 3.75. The molecule has 0 aliphatic rings. The topological polar surface area (TPSA) is 50.2 Å². The Labute approximate surface area is 116 Å². The third-order valence-corrected chi connectivity index (χ3v) is 2.94. The Bertz CT molecular complexity index is 594. The first-order chi connectivity index (χ1) is 9.66. The molecule has 0 radical (unpaired) electrons. The van der Waals surface area contributed by atoms with E-state index in [1.54, 1.807) is 18.5 Å². The molecule has 1 N–H and O–H groups in total. The van der Waals surface area contributed by atoms with Gasteiger partial charge in [-0.05, 0) is 35.7 Å². The maximum atomic E-state index is 12.9. The molecule has 0 amide bonds. The van der Waals surface area contributed by atoms with Crippen LogP contribution in [0.2, 0.25) is 0 Å². The number of benzene rings is 1. The van der Waals surface area contributed by atoms with Crippen LogP contribution in [-0.4, -0.2) is 16.1 Å². The fourth-order valence-corrected chi connectivity index (χ4v) is 1.89. The van der Waals surface area contributed by atoms with E-state index in [4.69, 9.17) is 0 Å². The number of aromatic nitrogens is 1. The van der Waals surface area contributed by atoms with Gasteiger partial charge in [0.15, 0.2) is 0 Å². The summed E-state index contributed by atoms with van der Waals surface area (Å²) in [6.45, 7) is 0. The van der Waals surface area contributed by atoms with Crippen LogP contribution >= 0.6 is 0 Å². The van der Waals surface area contributed by atoms with Crippen molar-refractivity contribution >= 4 is 12.0 Å². The highest BCUT2D eigenvalue weighted by molar-refractivity contribution is 5.76. The molecule has 1 heterocycles. The maximum absolute atomic E-state index is 12.9. The summed E-state index contributed by atoms with van der Waals surface area (Å²) >= 11 is 0. The normalized spacial score (nSPS) is 12.4. The highest BCUT2D eigenvalue weighted by Gasteiger charge is 2.18. The molecule has 0 saturated carbocycles. The van der Waals surface area contributed by atoms with E-state index in [0.717, 1.165) is 5.56 Å². The van der Waals surface area contributed by atoms with Gasteiger partial charge in [-0.25, -0.2) is 4.39 Å². The second kappa shape index (κ2) is 6.61. The number of hydrogen-bond donors (Lipinski definition) is 1. The Balaban J connectivity index is 2.09. The van der Waals surface area contributed by atoms with Gasteiger partial charge in [-0.3, -0.25) is 9.78 Å². The molecule has 1 aromatic heterocycles. The molecule has 2 aromatic rings. The first-order valence-electron chi connectivity index (χ1n) is 6.21. The smallest absolute Gasteiger partial charge is 0.311 e. The Morgan fingerprint density at radius 3 is 2.65 bits per heavy atom. The van der Waals surface area contributed by atoms with Crippen LogP contribution in [0, 0.1) is 5.82 Å². The summed E-state index contributed by atoms with van der Waals surface area (Å²) in [6.07, 6.45) is 7.33. The molecule has 1 unspecified atom stereocenters. The molecule has 102 valence electrons. The van der Waals surface area contributed by atoms with Gasteiger partial charge in [-0.15, -0.1) is 0 Å². The predicted molar refractivity (Wildman–Crippen MR) is 74.7 cm³/mol.